The van der Waals surface area contributed by atoms with Crippen molar-refractivity contribution in [2.24, 2.45) is 5.73 Å². The van der Waals surface area contributed by atoms with Crippen LogP contribution in [0, 0.1) is 5.41 Å². The van der Waals surface area contributed by atoms with Crippen molar-refractivity contribution in [2.45, 2.75) is 0 Å². The van der Waals surface area contributed by atoms with Crippen molar-refractivity contribution in [3.8, 4) is 16.8 Å². The molecule has 0 radical (unpaired) electrons. The molecule has 21 heavy (non-hydrogen) atoms. The van der Waals surface area contributed by atoms with Crippen LogP contribution in [0.1, 0.15) is 5.56 Å². The molecular formula is C16H13BrN4. The molecule has 3 rings (SSSR count). The van der Waals surface area contributed by atoms with E-state index in [4.69, 9.17) is 11.1 Å². The van der Waals surface area contributed by atoms with Gasteiger partial charge in [0.1, 0.15) is 5.84 Å². The van der Waals surface area contributed by atoms with E-state index in [0.29, 0.717) is 5.56 Å². The Hall–Kier alpha value is -2.40. The average Bonchev–Trinajstić information content (AvgIpc) is 2.97. The lowest BCUT2D eigenvalue weighted by atomic mass is 10.1. The maximum absolute atomic E-state index is 7.46. The van der Waals surface area contributed by atoms with Crippen LogP contribution in [0.15, 0.2) is 65.4 Å². The van der Waals surface area contributed by atoms with Gasteiger partial charge in [-0.25, -0.2) is 4.68 Å². The molecule has 0 saturated carbocycles. The molecule has 5 heteroatoms. The fourth-order valence-corrected chi connectivity index (χ4v) is 2.65. The van der Waals surface area contributed by atoms with E-state index in [9.17, 15) is 0 Å². The molecule has 0 aliphatic rings. The van der Waals surface area contributed by atoms with Crippen molar-refractivity contribution < 1.29 is 0 Å². The summed E-state index contributed by atoms with van der Waals surface area (Å²) in [6.45, 7) is 0. The third kappa shape index (κ3) is 2.73. The van der Waals surface area contributed by atoms with Crippen molar-refractivity contribution in [1.29, 1.82) is 5.41 Å². The maximum Gasteiger partial charge on any atom is 0.122 e. The second-order valence-electron chi connectivity index (χ2n) is 4.62. The minimum atomic E-state index is 0.0488. The zero-order chi connectivity index (χ0) is 14.8. The highest BCUT2D eigenvalue weighted by atomic mass is 79.9. The first kappa shape index (κ1) is 13.6. The lowest BCUT2D eigenvalue weighted by Crippen LogP contribution is -2.11. The van der Waals surface area contributed by atoms with E-state index in [1.54, 1.807) is 4.68 Å². The zero-order valence-electron chi connectivity index (χ0n) is 11.1. The highest BCUT2D eigenvalue weighted by Crippen LogP contribution is 2.25. The molecule has 0 aliphatic heterocycles. The molecule has 0 atom stereocenters. The Bertz CT molecular complexity index is 793. The number of nitrogen functional groups attached to an aromatic ring is 1. The summed E-state index contributed by atoms with van der Waals surface area (Å²) in [4.78, 5) is 0. The number of hydrogen-bond acceptors (Lipinski definition) is 2. The Morgan fingerprint density at radius 3 is 2.52 bits per heavy atom. The monoisotopic (exact) mass is 340 g/mol. The predicted molar refractivity (Wildman–Crippen MR) is 87.7 cm³/mol. The van der Waals surface area contributed by atoms with Crippen molar-refractivity contribution in [1.82, 2.24) is 9.78 Å². The Morgan fingerprint density at radius 2 is 1.86 bits per heavy atom. The second-order valence-corrected chi connectivity index (χ2v) is 5.47. The fourth-order valence-electron chi connectivity index (χ4n) is 2.09. The van der Waals surface area contributed by atoms with Gasteiger partial charge in [0.05, 0.1) is 11.9 Å². The van der Waals surface area contributed by atoms with Crippen molar-refractivity contribution >= 4 is 21.8 Å². The van der Waals surface area contributed by atoms with E-state index >= 15 is 0 Å². The summed E-state index contributed by atoms with van der Waals surface area (Å²) in [6.07, 6.45) is 3.81. The Morgan fingerprint density at radius 1 is 1.10 bits per heavy atom. The van der Waals surface area contributed by atoms with Crippen molar-refractivity contribution in [3.63, 3.8) is 0 Å². The Labute approximate surface area is 130 Å². The van der Waals surface area contributed by atoms with Gasteiger partial charge in [0.25, 0.3) is 0 Å². The molecular weight excluding hydrogens is 328 g/mol. The van der Waals surface area contributed by atoms with Crippen LogP contribution in [0.2, 0.25) is 0 Å². The maximum atomic E-state index is 7.46. The molecule has 2 aromatic carbocycles. The summed E-state index contributed by atoms with van der Waals surface area (Å²) < 4.78 is 2.65. The highest BCUT2D eigenvalue weighted by Gasteiger charge is 2.08. The number of halogens is 1. The number of hydrogen-bond donors (Lipinski definition) is 2. The van der Waals surface area contributed by atoms with Crippen LogP contribution in [0.5, 0.6) is 0 Å². The number of nitrogens with two attached hydrogens (primary N) is 1. The first-order valence-corrected chi connectivity index (χ1v) is 7.19. The van der Waals surface area contributed by atoms with Gasteiger partial charge in [-0.3, -0.25) is 5.41 Å². The van der Waals surface area contributed by atoms with Gasteiger partial charge in [0.2, 0.25) is 0 Å². The molecule has 0 spiro atoms. The first-order chi connectivity index (χ1) is 10.1. The first-order valence-electron chi connectivity index (χ1n) is 6.39. The lowest BCUT2D eigenvalue weighted by Gasteiger charge is -2.06. The van der Waals surface area contributed by atoms with Gasteiger partial charge in [-0.15, -0.1) is 0 Å². The van der Waals surface area contributed by atoms with E-state index in [1.807, 2.05) is 48.8 Å². The molecule has 0 aliphatic carbocycles. The molecule has 1 heterocycles. The van der Waals surface area contributed by atoms with Gasteiger partial charge in [-0.1, -0.05) is 30.3 Å². The van der Waals surface area contributed by atoms with E-state index in [2.05, 4.69) is 33.2 Å². The quantitative estimate of drug-likeness (QED) is 0.565. The van der Waals surface area contributed by atoms with Gasteiger partial charge in [-0.2, -0.15) is 5.10 Å². The summed E-state index contributed by atoms with van der Waals surface area (Å²) in [5.74, 6) is 0.0488. The standard InChI is InChI=1S/C16H13BrN4/c17-14-8-12(16(18)19)6-7-15(14)21-10-13(9-20-21)11-4-2-1-3-5-11/h1-10H,(H3,18,19). The van der Waals surface area contributed by atoms with E-state index in [0.717, 1.165) is 21.3 Å². The van der Waals surface area contributed by atoms with Crippen LogP contribution in [-0.2, 0) is 0 Å². The zero-order valence-corrected chi connectivity index (χ0v) is 12.7. The predicted octanol–water partition coefficient (Wildman–Crippen LogP) is 3.59. The number of amidine groups is 1. The average molecular weight is 341 g/mol. The minimum absolute atomic E-state index is 0.0488. The lowest BCUT2D eigenvalue weighted by molar-refractivity contribution is 0.876. The summed E-state index contributed by atoms with van der Waals surface area (Å²) in [5.41, 5.74) is 9.26. The summed E-state index contributed by atoms with van der Waals surface area (Å²) in [6, 6.07) is 15.6. The minimum Gasteiger partial charge on any atom is -0.384 e. The molecule has 4 nitrogen and oxygen atoms in total. The molecule has 3 aromatic rings. The number of benzene rings is 2. The largest absolute Gasteiger partial charge is 0.384 e. The number of nitrogens with zero attached hydrogens (tertiary/aromatic N) is 2. The normalized spacial score (nSPS) is 10.5. The van der Waals surface area contributed by atoms with Crippen LogP contribution < -0.4 is 5.73 Å². The SMILES string of the molecule is N=C(N)c1ccc(-n2cc(-c3ccccc3)cn2)c(Br)c1. The topological polar surface area (TPSA) is 67.7 Å². The molecule has 104 valence electrons. The van der Waals surface area contributed by atoms with Gasteiger partial charge in [0, 0.05) is 21.8 Å². The Balaban J connectivity index is 1.99. The highest BCUT2D eigenvalue weighted by molar-refractivity contribution is 9.10. The molecule has 0 fully saturated rings. The van der Waals surface area contributed by atoms with E-state index in [-0.39, 0.29) is 5.84 Å². The Kier molecular flexibility index (Phi) is 3.58. The molecule has 0 saturated heterocycles. The number of rotatable bonds is 3. The number of aromatic nitrogens is 2. The van der Waals surface area contributed by atoms with Gasteiger partial charge < -0.3 is 5.73 Å². The van der Waals surface area contributed by atoms with Crippen LogP contribution in [0.25, 0.3) is 16.8 Å². The molecule has 0 amide bonds. The van der Waals surface area contributed by atoms with Crippen LogP contribution >= 0.6 is 15.9 Å². The second kappa shape index (κ2) is 5.54. The van der Waals surface area contributed by atoms with Crippen molar-refractivity contribution in [3.05, 3.63) is 71.0 Å². The molecule has 0 unspecified atom stereocenters. The van der Waals surface area contributed by atoms with Crippen molar-refractivity contribution in [2.75, 3.05) is 0 Å². The summed E-state index contributed by atoms with van der Waals surface area (Å²) in [5, 5.41) is 11.9. The molecule has 3 N–H and O–H groups in total. The van der Waals surface area contributed by atoms with Gasteiger partial charge in [-0.05, 0) is 39.7 Å². The van der Waals surface area contributed by atoms with Crippen LogP contribution in [-0.4, -0.2) is 15.6 Å². The van der Waals surface area contributed by atoms with E-state index in [1.165, 1.54) is 0 Å². The van der Waals surface area contributed by atoms with E-state index < -0.39 is 0 Å². The molecule has 0 bridgehead atoms. The smallest absolute Gasteiger partial charge is 0.122 e. The summed E-state index contributed by atoms with van der Waals surface area (Å²) >= 11 is 3.50. The number of nitrogens with one attached hydrogen (secondary N) is 1. The third-order valence-electron chi connectivity index (χ3n) is 3.20. The van der Waals surface area contributed by atoms with Crippen LogP contribution in [0.4, 0.5) is 0 Å². The summed E-state index contributed by atoms with van der Waals surface area (Å²) in [7, 11) is 0. The van der Waals surface area contributed by atoms with Crippen LogP contribution in [0.3, 0.4) is 0 Å². The van der Waals surface area contributed by atoms with Gasteiger partial charge in [0.15, 0.2) is 0 Å². The van der Waals surface area contributed by atoms with Gasteiger partial charge >= 0.3 is 0 Å². The third-order valence-corrected chi connectivity index (χ3v) is 3.83. The molecule has 1 aromatic heterocycles. The fraction of sp³-hybridized carbons (Fsp3) is 0.